The summed E-state index contributed by atoms with van der Waals surface area (Å²) >= 11 is 15.0. The zero-order valence-electron chi connectivity index (χ0n) is 11.9. The monoisotopic (exact) mass is 382 g/mol. The van der Waals surface area contributed by atoms with Gasteiger partial charge in [-0.15, -0.1) is 22.7 Å². The van der Waals surface area contributed by atoms with Crippen LogP contribution in [0.4, 0.5) is 5.13 Å². The van der Waals surface area contributed by atoms with Gasteiger partial charge in [-0.25, -0.2) is 4.98 Å². The van der Waals surface area contributed by atoms with Crippen LogP contribution in [0.2, 0.25) is 10.0 Å². The molecule has 7 heteroatoms. The number of thiazole rings is 1. The molecular weight excluding hydrogens is 371 g/mol. The molecule has 2 aromatic heterocycles. The number of aromatic nitrogens is 1. The molecule has 0 aliphatic rings. The number of hydrogen-bond donors (Lipinski definition) is 1. The van der Waals surface area contributed by atoms with Crippen LogP contribution in [0.1, 0.15) is 15.3 Å². The molecule has 0 aliphatic carbocycles. The van der Waals surface area contributed by atoms with Crippen LogP contribution in [0.15, 0.2) is 41.9 Å². The van der Waals surface area contributed by atoms with Gasteiger partial charge in [-0.2, -0.15) is 0 Å². The maximum absolute atomic E-state index is 12.0. The Kier molecular flexibility index (Phi) is 5.33. The third-order valence-corrected chi connectivity index (χ3v) is 5.24. The molecule has 0 aliphatic heterocycles. The first kappa shape index (κ1) is 16.5. The van der Waals surface area contributed by atoms with Crippen molar-refractivity contribution in [2.24, 2.45) is 0 Å². The molecule has 3 rings (SSSR count). The van der Waals surface area contributed by atoms with E-state index in [4.69, 9.17) is 23.2 Å². The van der Waals surface area contributed by atoms with Gasteiger partial charge in [-0.1, -0.05) is 29.3 Å². The van der Waals surface area contributed by atoms with E-state index in [1.807, 2.05) is 29.6 Å². The number of benzene rings is 1. The maximum atomic E-state index is 12.0. The van der Waals surface area contributed by atoms with E-state index in [-0.39, 0.29) is 5.91 Å². The number of halogens is 2. The average molecular weight is 383 g/mol. The average Bonchev–Trinajstić information content (AvgIpc) is 3.10. The summed E-state index contributed by atoms with van der Waals surface area (Å²) in [5, 5.41) is 6.62. The second-order valence-electron chi connectivity index (χ2n) is 4.89. The second-order valence-corrected chi connectivity index (χ2v) is 7.91. The Morgan fingerprint density at radius 2 is 1.96 bits per heavy atom. The van der Waals surface area contributed by atoms with Crippen molar-refractivity contribution in [1.29, 1.82) is 0 Å². The summed E-state index contributed by atoms with van der Waals surface area (Å²) in [4.78, 5) is 18.3. The van der Waals surface area contributed by atoms with E-state index in [0.29, 0.717) is 28.0 Å². The van der Waals surface area contributed by atoms with Gasteiger partial charge in [0, 0.05) is 32.4 Å². The highest BCUT2D eigenvalue weighted by Crippen LogP contribution is 2.25. The number of rotatable bonds is 5. The van der Waals surface area contributed by atoms with Gasteiger partial charge in [0.05, 0.1) is 6.42 Å². The number of anilines is 1. The van der Waals surface area contributed by atoms with Crippen molar-refractivity contribution in [3.63, 3.8) is 0 Å². The number of hydrogen-bond acceptors (Lipinski definition) is 4. The van der Waals surface area contributed by atoms with Gasteiger partial charge in [0.25, 0.3) is 0 Å². The molecule has 0 bridgehead atoms. The largest absolute Gasteiger partial charge is 0.302 e. The number of nitrogens with zero attached hydrogens (tertiary/aromatic N) is 1. The van der Waals surface area contributed by atoms with Crippen LogP contribution < -0.4 is 5.32 Å². The highest BCUT2D eigenvalue weighted by molar-refractivity contribution is 7.15. The van der Waals surface area contributed by atoms with Gasteiger partial charge < -0.3 is 5.32 Å². The van der Waals surface area contributed by atoms with E-state index >= 15 is 0 Å². The van der Waals surface area contributed by atoms with E-state index in [0.717, 1.165) is 15.3 Å². The lowest BCUT2D eigenvalue weighted by molar-refractivity contribution is -0.115. The molecule has 3 nitrogen and oxygen atoms in total. The van der Waals surface area contributed by atoms with E-state index < -0.39 is 0 Å². The minimum absolute atomic E-state index is 0.0563. The molecule has 0 saturated heterocycles. The second kappa shape index (κ2) is 7.45. The molecule has 0 radical (unpaired) electrons. The number of nitrogens with one attached hydrogen (secondary N) is 1. The van der Waals surface area contributed by atoms with Crippen molar-refractivity contribution in [3.05, 3.63) is 67.3 Å². The first-order chi connectivity index (χ1) is 11.1. The van der Waals surface area contributed by atoms with Gasteiger partial charge >= 0.3 is 0 Å². The predicted octanol–water partition coefficient (Wildman–Crippen LogP) is 5.28. The number of thiophene rings is 1. The smallest absolute Gasteiger partial charge is 0.231 e. The SMILES string of the molecule is O=C(Cc1cccs1)Nc1ncc(Cc2cc(Cl)cc(Cl)c2)s1. The van der Waals surface area contributed by atoms with Crippen molar-refractivity contribution < 1.29 is 4.79 Å². The fourth-order valence-electron chi connectivity index (χ4n) is 2.10. The van der Waals surface area contributed by atoms with Crippen molar-refractivity contribution in [3.8, 4) is 0 Å². The Morgan fingerprint density at radius 1 is 1.17 bits per heavy atom. The molecular formula is C16H12Cl2N2OS2. The van der Waals surface area contributed by atoms with Gasteiger partial charge in [-0.05, 0) is 35.2 Å². The van der Waals surface area contributed by atoms with Crippen LogP contribution in [0.5, 0.6) is 0 Å². The number of carbonyl (C=O) groups excluding carboxylic acids is 1. The molecule has 0 unspecified atom stereocenters. The van der Waals surface area contributed by atoms with Gasteiger partial charge in [0.1, 0.15) is 0 Å². The molecule has 118 valence electrons. The van der Waals surface area contributed by atoms with E-state index in [1.165, 1.54) is 11.3 Å². The molecule has 1 aromatic carbocycles. The van der Waals surface area contributed by atoms with Crippen LogP contribution in [-0.4, -0.2) is 10.9 Å². The summed E-state index contributed by atoms with van der Waals surface area (Å²) < 4.78 is 0. The summed E-state index contributed by atoms with van der Waals surface area (Å²) in [6.07, 6.45) is 2.81. The fraction of sp³-hybridized carbons (Fsp3) is 0.125. The minimum atomic E-state index is -0.0563. The summed E-state index contributed by atoms with van der Waals surface area (Å²) in [5.41, 5.74) is 1.02. The van der Waals surface area contributed by atoms with Crippen LogP contribution in [-0.2, 0) is 17.6 Å². The molecule has 0 fully saturated rings. The standard InChI is InChI=1S/C16H12Cl2N2OS2/c17-11-4-10(5-12(18)7-11)6-14-9-19-16(23-14)20-15(21)8-13-2-1-3-22-13/h1-5,7,9H,6,8H2,(H,19,20,21). The van der Waals surface area contributed by atoms with Crippen LogP contribution in [0.3, 0.4) is 0 Å². The van der Waals surface area contributed by atoms with Crippen molar-refractivity contribution in [2.75, 3.05) is 5.32 Å². The van der Waals surface area contributed by atoms with Crippen LogP contribution in [0.25, 0.3) is 0 Å². The quantitative estimate of drug-likeness (QED) is 0.651. The molecule has 0 atom stereocenters. The first-order valence-electron chi connectivity index (χ1n) is 6.80. The van der Waals surface area contributed by atoms with E-state index in [2.05, 4.69) is 10.3 Å². The summed E-state index contributed by atoms with van der Waals surface area (Å²) in [6.45, 7) is 0. The summed E-state index contributed by atoms with van der Waals surface area (Å²) in [7, 11) is 0. The van der Waals surface area contributed by atoms with Crippen molar-refractivity contribution in [1.82, 2.24) is 4.98 Å². The van der Waals surface area contributed by atoms with Gasteiger partial charge in [0.15, 0.2) is 5.13 Å². The van der Waals surface area contributed by atoms with Gasteiger partial charge in [0.2, 0.25) is 5.91 Å². The van der Waals surface area contributed by atoms with E-state index in [9.17, 15) is 4.79 Å². The predicted molar refractivity (Wildman–Crippen MR) is 98.0 cm³/mol. The summed E-state index contributed by atoms with van der Waals surface area (Å²) in [6, 6.07) is 9.34. The lowest BCUT2D eigenvalue weighted by atomic mass is 10.1. The first-order valence-corrected chi connectivity index (χ1v) is 9.25. The molecule has 1 N–H and O–H groups in total. The Morgan fingerprint density at radius 3 is 2.65 bits per heavy atom. The van der Waals surface area contributed by atoms with Crippen molar-refractivity contribution in [2.45, 2.75) is 12.8 Å². The topological polar surface area (TPSA) is 42.0 Å². The Balaban J connectivity index is 1.62. The zero-order valence-corrected chi connectivity index (χ0v) is 15.0. The lowest BCUT2D eigenvalue weighted by Gasteiger charge is -2.01. The normalized spacial score (nSPS) is 10.7. The highest BCUT2D eigenvalue weighted by Gasteiger charge is 2.09. The fourth-order valence-corrected chi connectivity index (χ4v) is 4.23. The Hall–Kier alpha value is -1.40. The molecule has 23 heavy (non-hydrogen) atoms. The third kappa shape index (κ3) is 4.78. The number of amides is 1. The molecule has 2 heterocycles. The minimum Gasteiger partial charge on any atom is -0.302 e. The number of carbonyl (C=O) groups is 1. The molecule has 1 amide bonds. The van der Waals surface area contributed by atoms with Crippen LogP contribution in [0, 0.1) is 0 Å². The highest BCUT2D eigenvalue weighted by atomic mass is 35.5. The van der Waals surface area contributed by atoms with Crippen LogP contribution >= 0.6 is 45.9 Å². The van der Waals surface area contributed by atoms with E-state index in [1.54, 1.807) is 23.6 Å². The molecule has 3 aromatic rings. The maximum Gasteiger partial charge on any atom is 0.231 e. The van der Waals surface area contributed by atoms with Crippen molar-refractivity contribution >= 4 is 56.9 Å². The lowest BCUT2D eigenvalue weighted by Crippen LogP contribution is -2.13. The summed E-state index contributed by atoms with van der Waals surface area (Å²) in [5.74, 6) is -0.0563. The Bertz CT molecular complexity index is 795. The third-order valence-electron chi connectivity index (χ3n) is 3.02. The Labute approximate surface area is 151 Å². The zero-order chi connectivity index (χ0) is 16.2. The molecule has 0 saturated carbocycles. The van der Waals surface area contributed by atoms with Gasteiger partial charge in [-0.3, -0.25) is 4.79 Å². The molecule has 0 spiro atoms.